The predicted octanol–water partition coefficient (Wildman–Crippen LogP) is 5.21. The Balaban J connectivity index is 1.56. The van der Waals surface area contributed by atoms with Gasteiger partial charge in [-0.3, -0.25) is 10.1 Å². The predicted molar refractivity (Wildman–Crippen MR) is 139 cm³/mol. The molecule has 1 heterocycles. The molecular weight excluding hydrogens is 448 g/mol. The zero-order chi connectivity index (χ0) is 24.1. The van der Waals surface area contributed by atoms with Crippen molar-refractivity contribution in [3.05, 3.63) is 88.4 Å². The Kier molecular flexibility index (Phi) is 7.38. The Bertz CT molecular complexity index is 1170. The Labute approximate surface area is 205 Å². The van der Waals surface area contributed by atoms with Gasteiger partial charge in [0.25, 0.3) is 5.91 Å². The monoisotopic (exact) mass is 476 g/mol. The number of ether oxygens (including phenoxy) is 1. The van der Waals surface area contributed by atoms with Crippen molar-refractivity contribution in [2.75, 3.05) is 38.2 Å². The van der Waals surface area contributed by atoms with E-state index in [0.29, 0.717) is 17.3 Å². The van der Waals surface area contributed by atoms with Gasteiger partial charge in [-0.15, -0.1) is 0 Å². The minimum Gasteiger partial charge on any atom is -0.497 e. The van der Waals surface area contributed by atoms with Crippen LogP contribution in [0, 0.1) is 13.8 Å². The molecule has 0 spiro atoms. The molecule has 1 aliphatic heterocycles. The van der Waals surface area contributed by atoms with Crippen LogP contribution in [0.25, 0.3) is 0 Å². The molecule has 1 amide bonds. The normalized spacial score (nSPS) is 14.2. The maximum absolute atomic E-state index is 13.1. The van der Waals surface area contributed by atoms with Gasteiger partial charge in [0.2, 0.25) is 5.96 Å². The summed E-state index contributed by atoms with van der Waals surface area (Å²) in [6.07, 6.45) is 0. The number of anilines is 1. The highest BCUT2D eigenvalue weighted by Gasteiger charge is 2.22. The molecule has 0 unspecified atom stereocenters. The molecule has 1 N–H and O–H groups in total. The van der Waals surface area contributed by atoms with Crippen LogP contribution < -0.4 is 15.0 Å². The van der Waals surface area contributed by atoms with Crippen molar-refractivity contribution in [2.24, 2.45) is 4.99 Å². The van der Waals surface area contributed by atoms with Crippen molar-refractivity contribution >= 4 is 34.8 Å². The van der Waals surface area contributed by atoms with E-state index in [1.807, 2.05) is 44.2 Å². The highest BCUT2D eigenvalue weighted by Crippen LogP contribution is 2.22. The second-order valence-electron chi connectivity index (χ2n) is 8.42. The average Bonchev–Trinajstić information content (AvgIpc) is 2.83. The van der Waals surface area contributed by atoms with Crippen LogP contribution >= 0.6 is 11.6 Å². The third-order valence-corrected chi connectivity index (χ3v) is 6.01. The van der Waals surface area contributed by atoms with Gasteiger partial charge < -0.3 is 14.5 Å². The fourth-order valence-corrected chi connectivity index (χ4v) is 4.27. The molecule has 0 atom stereocenters. The Morgan fingerprint density at radius 2 is 1.62 bits per heavy atom. The summed E-state index contributed by atoms with van der Waals surface area (Å²) in [7, 11) is 1.60. The number of halogens is 1. The largest absolute Gasteiger partial charge is 0.497 e. The zero-order valence-electron chi connectivity index (χ0n) is 19.7. The topological polar surface area (TPSA) is 57.2 Å². The number of aliphatic imine (C=N–C) groups is 1. The van der Waals surface area contributed by atoms with E-state index in [1.54, 1.807) is 31.4 Å². The van der Waals surface area contributed by atoms with Crippen LogP contribution in [-0.4, -0.2) is 50.1 Å². The van der Waals surface area contributed by atoms with Crippen LogP contribution in [0.5, 0.6) is 5.75 Å². The molecule has 34 heavy (non-hydrogen) atoms. The number of rotatable bonds is 4. The van der Waals surface area contributed by atoms with Crippen molar-refractivity contribution in [3.8, 4) is 5.75 Å². The number of benzene rings is 3. The van der Waals surface area contributed by atoms with Gasteiger partial charge in [-0.2, -0.15) is 0 Å². The van der Waals surface area contributed by atoms with Crippen LogP contribution in [0.15, 0.2) is 71.7 Å². The molecule has 0 aliphatic carbocycles. The number of piperazine rings is 1. The van der Waals surface area contributed by atoms with Gasteiger partial charge >= 0.3 is 0 Å². The standard InChI is InChI=1S/C27H29ClN4O2/c1-19-15-20(2)17-23(16-19)29-27(30-26(33)21-7-9-25(34-3)10-8-21)32-13-11-31(12-14-32)24-6-4-5-22(28)18-24/h4-10,15-18H,11-14H2,1-3H3,(H,29,30,33). The molecule has 1 aliphatic rings. The number of carbonyl (C=O) groups excluding carboxylic acids is 1. The minimum absolute atomic E-state index is 0.206. The first-order valence-corrected chi connectivity index (χ1v) is 11.7. The van der Waals surface area contributed by atoms with E-state index in [0.717, 1.165) is 53.7 Å². The number of nitrogens with one attached hydrogen (secondary N) is 1. The molecule has 0 bridgehead atoms. The molecule has 0 saturated carbocycles. The molecule has 0 aromatic heterocycles. The van der Waals surface area contributed by atoms with E-state index in [9.17, 15) is 4.79 Å². The summed E-state index contributed by atoms with van der Waals surface area (Å²) < 4.78 is 5.20. The van der Waals surface area contributed by atoms with Gasteiger partial charge in [-0.1, -0.05) is 23.7 Å². The SMILES string of the molecule is COc1ccc(C(=O)NC(=Nc2cc(C)cc(C)c2)N2CCN(c3cccc(Cl)c3)CC2)cc1. The lowest BCUT2D eigenvalue weighted by atomic mass is 10.1. The number of hydrogen-bond donors (Lipinski definition) is 1. The number of nitrogens with zero attached hydrogens (tertiary/aromatic N) is 3. The fraction of sp³-hybridized carbons (Fsp3) is 0.259. The number of hydrogen-bond acceptors (Lipinski definition) is 4. The Hall–Kier alpha value is -3.51. The summed E-state index contributed by atoms with van der Waals surface area (Å²) in [6.45, 7) is 7.13. The smallest absolute Gasteiger partial charge is 0.257 e. The van der Waals surface area contributed by atoms with Crippen molar-refractivity contribution < 1.29 is 9.53 Å². The Morgan fingerprint density at radius 3 is 2.24 bits per heavy atom. The van der Waals surface area contributed by atoms with E-state index in [4.69, 9.17) is 21.3 Å². The van der Waals surface area contributed by atoms with E-state index in [2.05, 4.69) is 27.2 Å². The van der Waals surface area contributed by atoms with Crippen LogP contribution in [0.4, 0.5) is 11.4 Å². The summed E-state index contributed by atoms with van der Waals surface area (Å²) in [6, 6.07) is 21.1. The molecular formula is C27H29ClN4O2. The van der Waals surface area contributed by atoms with E-state index in [-0.39, 0.29) is 5.91 Å². The average molecular weight is 477 g/mol. The third-order valence-electron chi connectivity index (χ3n) is 5.77. The van der Waals surface area contributed by atoms with Gasteiger partial charge in [-0.05, 0) is 79.6 Å². The number of methoxy groups -OCH3 is 1. The van der Waals surface area contributed by atoms with Crippen LogP contribution in [0.1, 0.15) is 21.5 Å². The summed E-state index contributed by atoms with van der Waals surface area (Å²) in [5.41, 5.74) is 4.73. The lowest BCUT2D eigenvalue weighted by Gasteiger charge is -2.37. The minimum atomic E-state index is -0.206. The molecule has 3 aromatic carbocycles. The summed E-state index contributed by atoms with van der Waals surface area (Å²) in [5, 5.41) is 3.77. The molecule has 1 fully saturated rings. The van der Waals surface area contributed by atoms with Crippen molar-refractivity contribution in [1.82, 2.24) is 10.2 Å². The highest BCUT2D eigenvalue weighted by molar-refractivity contribution is 6.30. The van der Waals surface area contributed by atoms with E-state index >= 15 is 0 Å². The lowest BCUT2D eigenvalue weighted by molar-refractivity contribution is 0.0971. The third kappa shape index (κ3) is 5.88. The molecule has 4 rings (SSSR count). The molecule has 1 saturated heterocycles. The summed E-state index contributed by atoms with van der Waals surface area (Å²) in [4.78, 5) is 22.3. The van der Waals surface area contributed by atoms with E-state index in [1.165, 1.54) is 0 Å². The molecule has 7 heteroatoms. The summed E-state index contributed by atoms with van der Waals surface area (Å²) >= 11 is 6.18. The number of amides is 1. The fourth-order valence-electron chi connectivity index (χ4n) is 4.08. The first kappa shape index (κ1) is 23.6. The maximum Gasteiger partial charge on any atom is 0.257 e. The Morgan fingerprint density at radius 1 is 0.941 bits per heavy atom. The maximum atomic E-state index is 13.1. The van der Waals surface area contributed by atoms with Gasteiger partial charge in [0, 0.05) is 42.5 Å². The van der Waals surface area contributed by atoms with Crippen LogP contribution in [0.2, 0.25) is 5.02 Å². The van der Waals surface area contributed by atoms with Crippen LogP contribution in [-0.2, 0) is 0 Å². The molecule has 176 valence electrons. The van der Waals surface area contributed by atoms with Crippen LogP contribution in [0.3, 0.4) is 0 Å². The zero-order valence-corrected chi connectivity index (χ0v) is 20.5. The van der Waals surface area contributed by atoms with Gasteiger partial charge in [-0.25, -0.2) is 4.99 Å². The lowest BCUT2D eigenvalue weighted by Crippen LogP contribution is -2.53. The second-order valence-corrected chi connectivity index (χ2v) is 8.85. The second kappa shape index (κ2) is 10.6. The van der Waals surface area contributed by atoms with Gasteiger partial charge in [0.15, 0.2) is 0 Å². The molecule has 3 aromatic rings. The van der Waals surface area contributed by atoms with Crippen molar-refractivity contribution in [1.29, 1.82) is 0 Å². The van der Waals surface area contributed by atoms with E-state index < -0.39 is 0 Å². The van der Waals surface area contributed by atoms with Crippen molar-refractivity contribution in [2.45, 2.75) is 13.8 Å². The molecule has 6 nitrogen and oxygen atoms in total. The number of aryl methyl sites for hydroxylation is 2. The highest BCUT2D eigenvalue weighted by atomic mass is 35.5. The number of guanidine groups is 1. The number of carbonyl (C=O) groups is 1. The van der Waals surface area contributed by atoms with Gasteiger partial charge in [0.05, 0.1) is 12.8 Å². The quantitative estimate of drug-likeness (QED) is 0.415. The first-order chi connectivity index (χ1) is 16.4. The van der Waals surface area contributed by atoms with Crippen molar-refractivity contribution in [3.63, 3.8) is 0 Å². The first-order valence-electron chi connectivity index (χ1n) is 11.3. The van der Waals surface area contributed by atoms with Gasteiger partial charge in [0.1, 0.15) is 5.75 Å². The molecule has 0 radical (unpaired) electrons. The summed E-state index contributed by atoms with van der Waals surface area (Å²) in [5.74, 6) is 1.05.